The molecule has 0 N–H and O–H groups in total. The lowest BCUT2D eigenvalue weighted by Gasteiger charge is -2.08. The van der Waals surface area contributed by atoms with Gasteiger partial charge in [-0.15, -0.1) is 0 Å². The molecule has 3 rings (SSSR count). The number of nitrogens with zero attached hydrogens (tertiary/aromatic N) is 1. The molecule has 0 bridgehead atoms. The first kappa shape index (κ1) is 9.16. The minimum absolute atomic E-state index is 0.154. The maximum atomic E-state index is 12.1. The third-order valence-corrected chi connectivity index (χ3v) is 3.90. The summed E-state index contributed by atoms with van der Waals surface area (Å²) in [5, 5.41) is 1.85. The van der Waals surface area contributed by atoms with Gasteiger partial charge in [0, 0.05) is 27.5 Å². The first-order chi connectivity index (χ1) is 7.29. The van der Waals surface area contributed by atoms with Gasteiger partial charge in [0.15, 0.2) is 0 Å². The molecule has 76 valence electrons. The van der Waals surface area contributed by atoms with Crippen LogP contribution in [-0.4, -0.2) is 4.57 Å². The molecule has 1 aromatic carbocycles. The summed E-state index contributed by atoms with van der Waals surface area (Å²) in [6, 6.07) is 7.78. The second-order valence-electron chi connectivity index (χ2n) is 3.87. The van der Waals surface area contributed by atoms with E-state index in [0.717, 1.165) is 40.3 Å². The maximum absolute atomic E-state index is 12.1. The van der Waals surface area contributed by atoms with Crippen LogP contribution >= 0.6 is 15.9 Å². The zero-order valence-electron chi connectivity index (χ0n) is 8.16. The summed E-state index contributed by atoms with van der Waals surface area (Å²) < 4.78 is 2.99. The highest BCUT2D eigenvalue weighted by atomic mass is 79.9. The van der Waals surface area contributed by atoms with Gasteiger partial charge >= 0.3 is 0 Å². The largest absolute Gasteiger partial charge is 0.311 e. The normalized spacial score (nSPS) is 14.5. The van der Waals surface area contributed by atoms with Crippen molar-refractivity contribution in [3.63, 3.8) is 0 Å². The van der Waals surface area contributed by atoms with Crippen LogP contribution in [-0.2, 0) is 13.0 Å². The van der Waals surface area contributed by atoms with Crippen molar-refractivity contribution in [1.82, 2.24) is 4.57 Å². The second kappa shape index (κ2) is 3.20. The van der Waals surface area contributed by atoms with Crippen molar-refractivity contribution in [2.24, 2.45) is 0 Å². The lowest BCUT2D eigenvalue weighted by atomic mass is 10.1. The molecule has 2 nitrogen and oxygen atoms in total. The molecule has 2 aromatic rings. The summed E-state index contributed by atoms with van der Waals surface area (Å²) in [6.45, 7) is 0.859. The molecule has 0 atom stereocenters. The first-order valence-electron chi connectivity index (χ1n) is 5.09. The van der Waals surface area contributed by atoms with Gasteiger partial charge in [0.25, 0.3) is 5.56 Å². The summed E-state index contributed by atoms with van der Waals surface area (Å²) in [5.41, 5.74) is 1.31. The summed E-state index contributed by atoms with van der Waals surface area (Å²) in [4.78, 5) is 12.1. The quantitative estimate of drug-likeness (QED) is 0.717. The lowest BCUT2D eigenvalue weighted by molar-refractivity contribution is 0.726. The molecule has 0 saturated heterocycles. The van der Waals surface area contributed by atoms with Gasteiger partial charge in [-0.2, -0.15) is 0 Å². The Kier molecular flexibility index (Phi) is 1.96. The van der Waals surface area contributed by atoms with Gasteiger partial charge in [0.1, 0.15) is 0 Å². The number of halogens is 1. The summed E-state index contributed by atoms with van der Waals surface area (Å²) in [7, 11) is 0. The van der Waals surface area contributed by atoms with E-state index in [4.69, 9.17) is 0 Å². The summed E-state index contributed by atoms with van der Waals surface area (Å²) in [5.74, 6) is 0. The SMILES string of the molecule is O=c1c2ccccc2c(Br)c2n1CCC2. The van der Waals surface area contributed by atoms with Crippen molar-refractivity contribution in [3.05, 3.63) is 44.8 Å². The van der Waals surface area contributed by atoms with Gasteiger partial charge in [-0.25, -0.2) is 0 Å². The maximum Gasteiger partial charge on any atom is 0.258 e. The molecule has 0 radical (unpaired) electrons. The van der Waals surface area contributed by atoms with Crippen molar-refractivity contribution < 1.29 is 0 Å². The molecule has 0 spiro atoms. The average molecular weight is 264 g/mol. The fourth-order valence-corrected chi connectivity index (χ4v) is 3.05. The topological polar surface area (TPSA) is 22.0 Å². The van der Waals surface area contributed by atoms with Crippen LogP contribution in [0.3, 0.4) is 0 Å². The summed E-state index contributed by atoms with van der Waals surface area (Å²) >= 11 is 3.61. The number of benzene rings is 1. The smallest absolute Gasteiger partial charge is 0.258 e. The van der Waals surface area contributed by atoms with Crippen molar-refractivity contribution in [2.45, 2.75) is 19.4 Å². The van der Waals surface area contributed by atoms with E-state index < -0.39 is 0 Å². The first-order valence-corrected chi connectivity index (χ1v) is 5.88. The van der Waals surface area contributed by atoms with Gasteiger partial charge in [0.05, 0.1) is 0 Å². The highest BCUT2D eigenvalue weighted by molar-refractivity contribution is 9.10. The third kappa shape index (κ3) is 1.19. The zero-order valence-corrected chi connectivity index (χ0v) is 9.75. The van der Waals surface area contributed by atoms with Crippen molar-refractivity contribution in [3.8, 4) is 0 Å². The van der Waals surface area contributed by atoms with E-state index in [0.29, 0.717) is 0 Å². The molecule has 0 aliphatic carbocycles. The number of hydrogen-bond donors (Lipinski definition) is 0. The van der Waals surface area contributed by atoms with Gasteiger partial charge in [-0.05, 0) is 34.8 Å². The minimum atomic E-state index is 0.154. The Bertz CT molecular complexity index is 600. The fourth-order valence-electron chi connectivity index (χ4n) is 2.29. The molecule has 0 fully saturated rings. The van der Waals surface area contributed by atoms with Gasteiger partial charge in [0.2, 0.25) is 0 Å². The highest BCUT2D eigenvalue weighted by Crippen LogP contribution is 2.28. The van der Waals surface area contributed by atoms with Gasteiger partial charge < -0.3 is 4.57 Å². The van der Waals surface area contributed by atoms with Crippen LogP contribution in [0.2, 0.25) is 0 Å². The van der Waals surface area contributed by atoms with Crippen molar-refractivity contribution >= 4 is 26.7 Å². The highest BCUT2D eigenvalue weighted by Gasteiger charge is 2.18. The molecule has 1 aromatic heterocycles. The second-order valence-corrected chi connectivity index (χ2v) is 4.66. The van der Waals surface area contributed by atoms with Crippen LogP contribution in [0.4, 0.5) is 0 Å². The van der Waals surface area contributed by atoms with Crippen LogP contribution in [0, 0.1) is 0 Å². The Morgan fingerprint density at radius 2 is 1.93 bits per heavy atom. The molecule has 0 unspecified atom stereocenters. The molecule has 15 heavy (non-hydrogen) atoms. The minimum Gasteiger partial charge on any atom is -0.311 e. The number of pyridine rings is 1. The molecular weight excluding hydrogens is 254 g/mol. The van der Waals surface area contributed by atoms with E-state index in [1.54, 1.807) is 0 Å². The number of rotatable bonds is 0. The Balaban J connectivity index is 2.57. The average Bonchev–Trinajstić information content (AvgIpc) is 2.75. The summed E-state index contributed by atoms with van der Waals surface area (Å²) in [6.07, 6.45) is 2.07. The Morgan fingerprint density at radius 1 is 1.20 bits per heavy atom. The van der Waals surface area contributed by atoms with E-state index in [2.05, 4.69) is 15.9 Å². The molecule has 3 heteroatoms. The Morgan fingerprint density at radius 3 is 2.73 bits per heavy atom. The van der Waals surface area contributed by atoms with Gasteiger partial charge in [-0.1, -0.05) is 18.2 Å². The van der Waals surface area contributed by atoms with E-state index in [1.807, 2.05) is 28.8 Å². The predicted molar refractivity (Wildman–Crippen MR) is 64.2 cm³/mol. The van der Waals surface area contributed by atoms with Crippen molar-refractivity contribution in [1.29, 1.82) is 0 Å². The Hall–Kier alpha value is -1.09. The van der Waals surface area contributed by atoms with E-state index >= 15 is 0 Å². The third-order valence-electron chi connectivity index (χ3n) is 3.01. The number of fused-ring (bicyclic) bond motifs is 2. The molecular formula is C12H10BrNO. The van der Waals surface area contributed by atoms with Crippen LogP contribution < -0.4 is 5.56 Å². The Labute approximate surface area is 95.7 Å². The number of aromatic nitrogens is 1. The van der Waals surface area contributed by atoms with Gasteiger partial charge in [-0.3, -0.25) is 4.79 Å². The van der Waals surface area contributed by atoms with Crippen LogP contribution in [0.25, 0.3) is 10.8 Å². The van der Waals surface area contributed by atoms with Crippen molar-refractivity contribution in [2.75, 3.05) is 0 Å². The van der Waals surface area contributed by atoms with E-state index in [-0.39, 0.29) is 5.56 Å². The van der Waals surface area contributed by atoms with E-state index in [1.165, 1.54) is 0 Å². The fraction of sp³-hybridized carbons (Fsp3) is 0.250. The molecule has 1 aliphatic rings. The lowest BCUT2D eigenvalue weighted by Crippen LogP contribution is -2.19. The standard InChI is InChI=1S/C12H10BrNO/c13-11-8-4-1-2-5-9(8)12(15)14-7-3-6-10(11)14/h1-2,4-5H,3,6-7H2. The predicted octanol–water partition coefficient (Wildman–Crippen LogP) is 2.71. The van der Waals surface area contributed by atoms with Crippen LogP contribution in [0.1, 0.15) is 12.1 Å². The number of hydrogen-bond acceptors (Lipinski definition) is 1. The molecule has 2 heterocycles. The van der Waals surface area contributed by atoms with E-state index in [9.17, 15) is 4.79 Å². The monoisotopic (exact) mass is 263 g/mol. The van der Waals surface area contributed by atoms with Crippen LogP contribution in [0.5, 0.6) is 0 Å². The zero-order chi connectivity index (χ0) is 10.4. The molecule has 1 aliphatic heterocycles. The van der Waals surface area contributed by atoms with Crippen LogP contribution in [0.15, 0.2) is 33.5 Å². The molecule has 0 amide bonds. The molecule has 0 saturated carbocycles.